The second kappa shape index (κ2) is 6.06. The van der Waals surface area contributed by atoms with Gasteiger partial charge in [0, 0.05) is 10.7 Å². The second-order valence-electron chi connectivity index (χ2n) is 5.21. The van der Waals surface area contributed by atoms with Gasteiger partial charge in [-0.25, -0.2) is 4.79 Å². The smallest absolute Gasteiger partial charge is 0.415 e. The fraction of sp³-hybridized carbons (Fsp3) is 0.429. The molecule has 0 aliphatic carbocycles. The summed E-state index contributed by atoms with van der Waals surface area (Å²) in [4.78, 5) is 24.4. The van der Waals surface area contributed by atoms with Crippen LogP contribution in [0.3, 0.4) is 0 Å². The average molecular weight is 284 g/mol. The number of amides is 1. The van der Waals surface area contributed by atoms with Crippen LogP contribution in [0.5, 0.6) is 0 Å². The Morgan fingerprint density at radius 1 is 1.42 bits per heavy atom. The molecule has 1 rings (SSSR count). The third-order valence-electron chi connectivity index (χ3n) is 2.28. The zero-order chi connectivity index (χ0) is 14.6. The van der Waals surface area contributed by atoms with Crippen LogP contribution < -0.4 is 4.90 Å². The molecule has 0 spiro atoms. The summed E-state index contributed by atoms with van der Waals surface area (Å²) < 4.78 is 5.30. The highest BCUT2D eigenvalue weighted by atomic mass is 35.5. The summed E-state index contributed by atoms with van der Waals surface area (Å²) in [6.07, 6.45) is 0.111. The van der Waals surface area contributed by atoms with Gasteiger partial charge in [-0.15, -0.1) is 0 Å². The van der Waals surface area contributed by atoms with Gasteiger partial charge < -0.3 is 9.53 Å². The van der Waals surface area contributed by atoms with Crippen LogP contribution in [-0.2, 0) is 9.53 Å². The van der Waals surface area contributed by atoms with Crippen molar-refractivity contribution >= 4 is 29.7 Å². The zero-order valence-electron chi connectivity index (χ0n) is 11.5. The minimum absolute atomic E-state index is 0.490. The summed E-state index contributed by atoms with van der Waals surface area (Å²) in [6, 6.07) is 6.10. The highest BCUT2D eigenvalue weighted by Gasteiger charge is 2.27. The van der Waals surface area contributed by atoms with Crippen LogP contribution in [0, 0.1) is 0 Å². The molecule has 1 aromatic carbocycles. The van der Waals surface area contributed by atoms with Crippen molar-refractivity contribution in [2.45, 2.75) is 39.3 Å². The van der Waals surface area contributed by atoms with Gasteiger partial charge >= 0.3 is 6.09 Å². The summed E-state index contributed by atoms with van der Waals surface area (Å²) in [5.41, 5.74) is -0.0994. The first kappa shape index (κ1) is 15.5. The number of ether oxygens (including phenoxy) is 1. The van der Waals surface area contributed by atoms with Crippen LogP contribution in [0.1, 0.15) is 27.7 Å². The Balaban J connectivity index is 3.08. The molecule has 0 aliphatic rings. The Labute approximate surface area is 118 Å². The van der Waals surface area contributed by atoms with Gasteiger partial charge in [-0.05, 0) is 45.9 Å². The summed E-state index contributed by atoms with van der Waals surface area (Å²) in [5, 5.41) is 0.490. The maximum atomic E-state index is 12.2. The topological polar surface area (TPSA) is 46.6 Å². The number of halogens is 1. The molecule has 0 aliphatic heterocycles. The van der Waals surface area contributed by atoms with Gasteiger partial charge in [-0.3, -0.25) is 4.90 Å². The number of hydrogen-bond donors (Lipinski definition) is 0. The number of benzene rings is 1. The number of aldehydes is 1. The first-order chi connectivity index (χ1) is 8.74. The number of nitrogens with zero attached hydrogens (tertiary/aromatic N) is 1. The van der Waals surface area contributed by atoms with Crippen molar-refractivity contribution in [3.8, 4) is 0 Å². The molecule has 4 nitrogen and oxygen atoms in total. The van der Waals surface area contributed by atoms with Crippen LogP contribution in [-0.4, -0.2) is 24.0 Å². The molecule has 0 aromatic heterocycles. The molecule has 1 atom stereocenters. The first-order valence-corrected chi connectivity index (χ1v) is 6.35. The van der Waals surface area contributed by atoms with Crippen LogP contribution in [0.15, 0.2) is 24.3 Å². The van der Waals surface area contributed by atoms with E-state index in [4.69, 9.17) is 16.3 Å². The molecule has 1 unspecified atom stereocenters. The molecule has 0 bridgehead atoms. The fourth-order valence-electron chi connectivity index (χ4n) is 1.50. The maximum absolute atomic E-state index is 12.2. The quantitative estimate of drug-likeness (QED) is 0.795. The molecule has 1 amide bonds. The van der Waals surface area contributed by atoms with E-state index in [1.54, 1.807) is 52.0 Å². The molecule has 0 saturated heterocycles. The molecule has 1 aromatic rings. The van der Waals surface area contributed by atoms with Crippen LogP contribution >= 0.6 is 11.6 Å². The van der Waals surface area contributed by atoms with E-state index in [-0.39, 0.29) is 0 Å². The van der Waals surface area contributed by atoms with Crippen molar-refractivity contribution in [2.75, 3.05) is 4.90 Å². The molecule has 0 fully saturated rings. The number of hydrogen-bond acceptors (Lipinski definition) is 3. The van der Waals surface area contributed by atoms with E-state index < -0.39 is 17.7 Å². The highest BCUT2D eigenvalue weighted by molar-refractivity contribution is 6.30. The molecule has 104 valence electrons. The van der Waals surface area contributed by atoms with E-state index in [1.807, 2.05) is 0 Å². The van der Waals surface area contributed by atoms with Crippen molar-refractivity contribution in [3.63, 3.8) is 0 Å². The normalized spacial score (nSPS) is 12.7. The van der Waals surface area contributed by atoms with Gasteiger partial charge in [0.05, 0.1) is 6.04 Å². The predicted octanol–water partition coefficient (Wildman–Crippen LogP) is 3.67. The van der Waals surface area contributed by atoms with Gasteiger partial charge in [-0.1, -0.05) is 17.7 Å². The van der Waals surface area contributed by atoms with Crippen molar-refractivity contribution in [1.29, 1.82) is 0 Å². The summed E-state index contributed by atoms with van der Waals surface area (Å²) in [6.45, 7) is 6.93. The van der Waals surface area contributed by atoms with Crippen molar-refractivity contribution in [2.24, 2.45) is 0 Å². The minimum atomic E-state index is -0.631. The van der Waals surface area contributed by atoms with E-state index in [1.165, 1.54) is 4.90 Å². The highest BCUT2D eigenvalue weighted by Crippen LogP contribution is 2.23. The molecule has 0 N–H and O–H groups in total. The maximum Gasteiger partial charge on any atom is 0.415 e. The van der Waals surface area contributed by atoms with E-state index in [0.717, 1.165) is 0 Å². The molecule has 19 heavy (non-hydrogen) atoms. The first-order valence-electron chi connectivity index (χ1n) is 5.97. The monoisotopic (exact) mass is 283 g/mol. The average Bonchev–Trinajstić information content (AvgIpc) is 2.26. The van der Waals surface area contributed by atoms with Crippen LogP contribution in [0.2, 0.25) is 5.02 Å². The second-order valence-corrected chi connectivity index (χ2v) is 5.64. The number of rotatable bonds is 3. The van der Waals surface area contributed by atoms with Gasteiger partial charge in [0.15, 0.2) is 0 Å². The third-order valence-corrected chi connectivity index (χ3v) is 2.52. The third kappa shape index (κ3) is 4.56. The van der Waals surface area contributed by atoms with Crippen LogP contribution in [0.4, 0.5) is 10.5 Å². The lowest BCUT2D eigenvalue weighted by atomic mass is 10.2. The fourth-order valence-corrected chi connectivity index (χ4v) is 1.69. The largest absolute Gasteiger partial charge is 0.443 e. The van der Waals surface area contributed by atoms with Crippen molar-refractivity contribution < 1.29 is 14.3 Å². The van der Waals surface area contributed by atoms with E-state index >= 15 is 0 Å². The molecule has 5 heteroatoms. The summed E-state index contributed by atoms with van der Waals surface area (Å²) >= 11 is 5.91. The predicted molar refractivity (Wildman–Crippen MR) is 75.7 cm³/mol. The molecule has 0 saturated carbocycles. The molecule has 0 radical (unpaired) electrons. The van der Waals surface area contributed by atoms with E-state index in [0.29, 0.717) is 17.0 Å². The lowest BCUT2D eigenvalue weighted by Gasteiger charge is -2.29. The van der Waals surface area contributed by atoms with Crippen LogP contribution in [0.25, 0.3) is 0 Å². The standard InChI is InChI=1S/C14H18ClNO3/c1-10(9-17)16(13(18)19-14(2,3)4)12-7-5-6-11(15)8-12/h5-10H,1-4H3. The lowest BCUT2D eigenvalue weighted by Crippen LogP contribution is -2.43. The van der Waals surface area contributed by atoms with Crippen molar-refractivity contribution in [3.05, 3.63) is 29.3 Å². The number of anilines is 1. The molecular formula is C14H18ClNO3. The van der Waals surface area contributed by atoms with Gasteiger partial charge in [-0.2, -0.15) is 0 Å². The Hall–Kier alpha value is -1.55. The molecular weight excluding hydrogens is 266 g/mol. The van der Waals surface area contributed by atoms with E-state index in [2.05, 4.69) is 0 Å². The SMILES string of the molecule is CC(C=O)N(C(=O)OC(C)(C)C)c1cccc(Cl)c1. The summed E-state index contributed by atoms with van der Waals surface area (Å²) in [7, 11) is 0. The van der Waals surface area contributed by atoms with Gasteiger partial charge in [0.2, 0.25) is 0 Å². The lowest BCUT2D eigenvalue weighted by molar-refractivity contribution is -0.108. The zero-order valence-corrected chi connectivity index (χ0v) is 12.3. The Kier molecular flexibility index (Phi) is 4.95. The van der Waals surface area contributed by atoms with Gasteiger partial charge in [0.25, 0.3) is 0 Å². The van der Waals surface area contributed by atoms with Crippen molar-refractivity contribution in [1.82, 2.24) is 0 Å². The minimum Gasteiger partial charge on any atom is -0.443 e. The van der Waals surface area contributed by atoms with E-state index in [9.17, 15) is 9.59 Å². The Bertz CT molecular complexity index is 468. The Morgan fingerprint density at radius 2 is 2.05 bits per heavy atom. The molecule has 0 heterocycles. The number of carbonyl (C=O) groups is 2. The summed E-state index contributed by atoms with van der Waals surface area (Å²) in [5.74, 6) is 0. The van der Waals surface area contributed by atoms with Gasteiger partial charge in [0.1, 0.15) is 11.9 Å². The number of carbonyl (C=O) groups excluding carboxylic acids is 2. The Morgan fingerprint density at radius 3 is 2.53 bits per heavy atom.